The second kappa shape index (κ2) is 4.75. The molecule has 0 radical (unpaired) electrons. The van der Waals surface area contributed by atoms with E-state index in [0.717, 1.165) is 13.1 Å². The molecule has 1 saturated heterocycles. The van der Waals surface area contributed by atoms with E-state index in [-0.39, 0.29) is 11.8 Å². The molecule has 17 heavy (non-hydrogen) atoms. The van der Waals surface area contributed by atoms with Crippen molar-refractivity contribution in [2.45, 2.75) is 25.6 Å². The Morgan fingerprint density at radius 1 is 1.59 bits per heavy atom. The van der Waals surface area contributed by atoms with Gasteiger partial charge in [0.1, 0.15) is 17.2 Å². The van der Waals surface area contributed by atoms with E-state index in [1.165, 1.54) is 4.31 Å². The number of aromatic nitrogens is 1. The molecule has 6 nitrogen and oxygen atoms in total. The molecule has 96 valence electrons. The van der Waals surface area contributed by atoms with E-state index in [2.05, 4.69) is 10.5 Å². The summed E-state index contributed by atoms with van der Waals surface area (Å²) in [5.74, 6) is 0.540. The van der Waals surface area contributed by atoms with E-state index >= 15 is 0 Å². The predicted molar refractivity (Wildman–Crippen MR) is 62.9 cm³/mol. The van der Waals surface area contributed by atoms with Crippen LogP contribution in [0.3, 0.4) is 0 Å². The van der Waals surface area contributed by atoms with Gasteiger partial charge in [-0.1, -0.05) is 12.1 Å². The number of nitrogens with one attached hydrogen (secondary N) is 1. The molecule has 0 unspecified atom stereocenters. The average molecular weight is 259 g/mol. The molecule has 0 bridgehead atoms. The van der Waals surface area contributed by atoms with Crippen molar-refractivity contribution < 1.29 is 12.9 Å². The Bertz CT molecular complexity index is 479. The lowest BCUT2D eigenvalue weighted by Crippen LogP contribution is -2.58. The molecule has 7 heteroatoms. The van der Waals surface area contributed by atoms with Gasteiger partial charge in [-0.3, -0.25) is 0 Å². The zero-order valence-corrected chi connectivity index (χ0v) is 10.8. The van der Waals surface area contributed by atoms with Crippen LogP contribution in [0.25, 0.3) is 0 Å². The molecule has 0 amide bonds. The van der Waals surface area contributed by atoms with E-state index in [1.54, 1.807) is 13.0 Å². The molecule has 1 aromatic rings. The highest BCUT2D eigenvalue weighted by atomic mass is 32.2. The molecule has 1 fully saturated rings. The van der Waals surface area contributed by atoms with Gasteiger partial charge in [0.2, 0.25) is 10.0 Å². The highest BCUT2D eigenvalue weighted by Gasteiger charge is 2.32. The third-order valence-corrected chi connectivity index (χ3v) is 4.77. The summed E-state index contributed by atoms with van der Waals surface area (Å²) in [6, 6.07) is 1.74. The van der Waals surface area contributed by atoms with Crippen molar-refractivity contribution in [3.63, 3.8) is 0 Å². The standard InChI is InChI=1S/C10H17N3O3S/c1-3-13(10-5-11-6-10)17(14,15)7-9-4-8(2)16-12-9/h4,10-11H,3,5-7H2,1-2H3. The van der Waals surface area contributed by atoms with Gasteiger partial charge in [0, 0.05) is 31.7 Å². The van der Waals surface area contributed by atoms with Crippen LogP contribution in [0.4, 0.5) is 0 Å². The molecule has 1 aliphatic rings. The van der Waals surface area contributed by atoms with Crippen molar-refractivity contribution in [3.8, 4) is 0 Å². The molecule has 2 rings (SSSR count). The maximum atomic E-state index is 12.2. The Morgan fingerprint density at radius 3 is 2.71 bits per heavy atom. The molecule has 1 aliphatic heterocycles. The van der Waals surface area contributed by atoms with Crippen molar-refractivity contribution in [3.05, 3.63) is 17.5 Å². The number of likely N-dealkylation sites (N-methyl/N-ethyl adjacent to an activating group) is 1. The number of rotatable bonds is 5. The minimum Gasteiger partial charge on any atom is -0.361 e. The number of aryl methyl sites for hydroxylation is 1. The van der Waals surface area contributed by atoms with E-state index in [1.807, 2.05) is 6.92 Å². The number of hydrogen-bond acceptors (Lipinski definition) is 5. The van der Waals surface area contributed by atoms with Gasteiger partial charge < -0.3 is 9.84 Å². The number of hydrogen-bond donors (Lipinski definition) is 1. The SMILES string of the molecule is CCN(C1CNC1)S(=O)(=O)Cc1cc(C)on1. The summed E-state index contributed by atoms with van der Waals surface area (Å²) >= 11 is 0. The van der Waals surface area contributed by atoms with Crippen LogP contribution < -0.4 is 5.32 Å². The van der Waals surface area contributed by atoms with Gasteiger partial charge >= 0.3 is 0 Å². The average Bonchev–Trinajstić information content (AvgIpc) is 2.55. The minimum absolute atomic E-state index is 0.0815. The molecule has 0 aliphatic carbocycles. The highest BCUT2D eigenvalue weighted by Crippen LogP contribution is 2.15. The highest BCUT2D eigenvalue weighted by molar-refractivity contribution is 7.88. The summed E-state index contributed by atoms with van der Waals surface area (Å²) in [7, 11) is -3.30. The van der Waals surface area contributed by atoms with E-state index in [4.69, 9.17) is 4.52 Å². The Kier molecular flexibility index (Phi) is 3.50. The lowest BCUT2D eigenvalue weighted by molar-refractivity contribution is 0.249. The van der Waals surface area contributed by atoms with Crippen LogP contribution in [-0.2, 0) is 15.8 Å². The molecule has 0 aromatic carbocycles. The van der Waals surface area contributed by atoms with Gasteiger partial charge in [-0.25, -0.2) is 8.42 Å². The third kappa shape index (κ3) is 2.67. The lowest BCUT2D eigenvalue weighted by Gasteiger charge is -2.36. The molecule has 0 spiro atoms. The summed E-state index contributed by atoms with van der Waals surface area (Å²) in [6.07, 6.45) is 0. The Hall–Kier alpha value is -0.920. The second-order valence-corrected chi connectivity index (χ2v) is 6.12. The van der Waals surface area contributed by atoms with Crippen molar-refractivity contribution in [1.29, 1.82) is 0 Å². The first-order chi connectivity index (χ1) is 8.03. The summed E-state index contributed by atoms with van der Waals surface area (Å²) in [6.45, 7) is 5.54. The number of nitrogens with zero attached hydrogens (tertiary/aromatic N) is 2. The van der Waals surface area contributed by atoms with Gasteiger partial charge in [-0.2, -0.15) is 4.31 Å². The molecule has 1 aromatic heterocycles. The van der Waals surface area contributed by atoms with Gasteiger partial charge in [0.15, 0.2) is 0 Å². The maximum Gasteiger partial charge on any atom is 0.220 e. The van der Waals surface area contributed by atoms with Gasteiger partial charge in [-0.05, 0) is 6.92 Å². The van der Waals surface area contributed by atoms with Crippen molar-refractivity contribution in [1.82, 2.24) is 14.8 Å². The second-order valence-electron chi connectivity index (χ2n) is 4.20. The fraction of sp³-hybridized carbons (Fsp3) is 0.700. The summed E-state index contributed by atoms with van der Waals surface area (Å²) < 4.78 is 30.8. The fourth-order valence-corrected chi connectivity index (χ4v) is 3.59. The Labute approximate surface area is 101 Å². The zero-order chi connectivity index (χ0) is 12.5. The van der Waals surface area contributed by atoms with E-state index in [9.17, 15) is 8.42 Å². The Morgan fingerprint density at radius 2 is 2.29 bits per heavy atom. The first-order valence-corrected chi connectivity index (χ1v) is 7.26. The van der Waals surface area contributed by atoms with Crippen molar-refractivity contribution in [2.24, 2.45) is 0 Å². The molecular weight excluding hydrogens is 242 g/mol. The fourth-order valence-electron chi connectivity index (χ4n) is 1.91. The molecule has 1 N–H and O–H groups in total. The van der Waals surface area contributed by atoms with Crippen molar-refractivity contribution >= 4 is 10.0 Å². The molecule has 2 heterocycles. The Balaban J connectivity index is 2.11. The molecule has 0 saturated carbocycles. The smallest absolute Gasteiger partial charge is 0.220 e. The summed E-state index contributed by atoms with van der Waals surface area (Å²) in [5, 5.41) is 6.80. The molecule has 0 atom stereocenters. The lowest BCUT2D eigenvalue weighted by atomic mass is 10.2. The molecular formula is C10H17N3O3S. The minimum atomic E-state index is -3.30. The summed E-state index contributed by atoms with van der Waals surface area (Å²) in [5.41, 5.74) is 0.466. The first-order valence-electron chi connectivity index (χ1n) is 5.65. The topological polar surface area (TPSA) is 75.4 Å². The normalized spacial score (nSPS) is 17.4. The van der Waals surface area contributed by atoms with Gasteiger partial charge in [-0.15, -0.1) is 0 Å². The largest absolute Gasteiger partial charge is 0.361 e. The van der Waals surface area contributed by atoms with Gasteiger partial charge in [0.25, 0.3) is 0 Å². The van der Waals surface area contributed by atoms with Crippen LogP contribution in [-0.4, -0.2) is 43.6 Å². The zero-order valence-electron chi connectivity index (χ0n) is 10.0. The quantitative estimate of drug-likeness (QED) is 0.812. The first kappa shape index (κ1) is 12.5. The van der Waals surface area contributed by atoms with Crippen molar-refractivity contribution in [2.75, 3.05) is 19.6 Å². The van der Waals surface area contributed by atoms with Crippen LogP contribution in [0, 0.1) is 6.92 Å². The maximum absolute atomic E-state index is 12.2. The van der Waals surface area contributed by atoms with Crippen LogP contribution in [0.5, 0.6) is 0 Å². The predicted octanol–water partition coefficient (Wildman–Crippen LogP) is 0.107. The van der Waals surface area contributed by atoms with Crippen LogP contribution >= 0.6 is 0 Å². The van der Waals surface area contributed by atoms with Gasteiger partial charge in [0.05, 0.1) is 0 Å². The third-order valence-electron chi connectivity index (χ3n) is 2.84. The van der Waals surface area contributed by atoms with E-state index in [0.29, 0.717) is 18.0 Å². The van der Waals surface area contributed by atoms with E-state index < -0.39 is 10.0 Å². The van der Waals surface area contributed by atoms with Crippen LogP contribution in [0.1, 0.15) is 18.4 Å². The monoisotopic (exact) mass is 259 g/mol. The summed E-state index contributed by atoms with van der Waals surface area (Å²) in [4.78, 5) is 0. The van der Waals surface area contributed by atoms with Crippen LogP contribution in [0.15, 0.2) is 10.6 Å². The van der Waals surface area contributed by atoms with Crippen LogP contribution in [0.2, 0.25) is 0 Å². The number of sulfonamides is 1.